The van der Waals surface area contributed by atoms with Gasteiger partial charge in [-0.15, -0.1) is 10.2 Å². The summed E-state index contributed by atoms with van der Waals surface area (Å²) in [6, 6.07) is 7.61. The lowest BCUT2D eigenvalue weighted by atomic mass is 9.88. The number of aromatic nitrogens is 3. The Morgan fingerprint density at radius 2 is 1.72 bits per heavy atom. The van der Waals surface area contributed by atoms with E-state index in [9.17, 15) is 34.8 Å². The van der Waals surface area contributed by atoms with Gasteiger partial charge in [0.1, 0.15) is 12.7 Å². The van der Waals surface area contributed by atoms with Crippen molar-refractivity contribution in [3.63, 3.8) is 0 Å². The minimum absolute atomic E-state index is 0.113. The van der Waals surface area contributed by atoms with Crippen LogP contribution in [0.1, 0.15) is 50.6 Å². The van der Waals surface area contributed by atoms with Gasteiger partial charge in [0.15, 0.2) is 0 Å². The van der Waals surface area contributed by atoms with Crippen molar-refractivity contribution in [3.05, 3.63) is 66.8 Å². The maximum Gasteiger partial charge on any atom is 0.423 e. The van der Waals surface area contributed by atoms with Gasteiger partial charge in [0.05, 0.1) is 0 Å². The summed E-state index contributed by atoms with van der Waals surface area (Å²) in [6.07, 6.45) is -8.07. The predicted octanol–water partition coefficient (Wildman–Crippen LogP) is 5.57. The second kappa shape index (κ2) is 11.0. The van der Waals surface area contributed by atoms with Gasteiger partial charge in [-0.1, -0.05) is 49.4 Å². The summed E-state index contributed by atoms with van der Waals surface area (Å²) < 4.78 is 119. The summed E-state index contributed by atoms with van der Waals surface area (Å²) in [4.78, 5) is -2.97. The monoisotopic (exact) mass is 578 g/mol. The maximum absolute atomic E-state index is 13.9. The van der Waals surface area contributed by atoms with Crippen LogP contribution in [-0.2, 0) is 14.8 Å². The Morgan fingerprint density at radius 1 is 1.08 bits per heavy atom. The van der Waals surface area contributed by atoms with E-state index in [1.54, 1.807) is 34.9 Å². The van der Waals surface area contributed by atoms with E-state index in [4.69, 9.17) is 4.74 Å². The second-order valence-electron chi connectivity index (χ2n) is 9.69. The van der Waals surface area contributed by atoms with Gasteiger partial charge < -0.3 is 9.30 Å². The van der Waals surface area contributed by atoms with Gasteiger partial charge >= 0.3 is 12.4 Å². The molecule has 2 aliphatic rings. The Bertz CT molecular complexity index is 1270. The van der Waals surface area contributed by atoms with Gasteiger partial charge in [0, 0.05) is 18.0 Å². The number of ether oxygens (including phenoxy) is 1. The summed E-state index contributed by atoms with van der Waals surface area (Å²) in [5.74, 6) is -1.36. The molecular formula is C25H28F6N4O3S. The van der Waals surface area contributed by atoms with E-state index in [0.29, 0.717) is 30.4 Å². The van der Waals surface area contributed by atoms with Crippen LogP contribution in [-0.4, -0.2) is 52.6 Å². The van der Waals surface area contributed by atoms with Crippen LogP contribution in [0.5, 0.6) is 0 Å². The maximum atomic E-state index is 13.9. The first-order valence-electron chi connectivity index (χ1n) is 12.4. The largest absolute Gasteiger partial charge is 0.423 e. The molecule has 2 unspecified atom stereocenters. The van der Waals surface area contributed by atoms with Crippen molar-refractivity contribution in [1.29, 1.82) is 0 Å². The summed E-state index contributed by atoms with van der Waals surface area (Å²) in [6.45, 7) is 1.48. The number of hydrogen-bond acceptors (Lipinski definition) is 5. The average Bonchev–Trinajstić information content (AvgIpc) is 3.41. The fraction of sp³-hybridized carbons (Fsp3) is 0.520. The van der Waals surface area contributed by atoms with Crippen LogP contribution in [0.15, 0.2) is 61.2 Å². The molecule has 4 atom stereocenters. The number of nitrogens with zero attached hydrogens (tertiary/aromatic N) is 3. The van der Waals surface area contributed by atoms with E-state index in [1.165, 1.54) is 31.7 Å². The van der Waals surface area contributed by atoms with Crippen LogP contribution < -0.4 is 4.72 Å². The Morgan fingerprint density at radius 3 is 2.31 bits per heavy atom. The highest BCUT2D eigenvalue weighted by molar-refractivity contribution is 7.91. The van der Waals surface area contributed by atoms with Gasteiger partial charge in [-0.25, -0.2) is 13.1 Å². The van der Waals surface area contributed by atoms with Gasteiger partial charge in [0.2, 0.25) is 15.0 Å². The first-order chi connectivity index (χ1) is 18.3. The molecule has 2 aliphatic carbocycles. The van der Waals surface area contributed by atoms with Crippen molar-refractivity contribution in [2.45, 2.75) is 74.5 Å². The molecule has 1 aromatic heterocycles. The summed E-state index contributed by atoms with van der Waals surface area (Å²) >= 11 is 0. The predicted molar refractivity (Wildman–Crippen MR) is 130 cm³/mol. The molecule has 14 heteroatoms. The van der Waals surface area contributed by atoms with Crippen molar-refractivity contribution in [2.75, 3.05) is 0 Å². The molecule has 1 aromatic carbocycles. The van der Waals surface area contributed by atoms with E-state index in [-0.39, 0.29) is 18.9 Å². The molecule has 0 spiro atoms. The number of allylic oxidation sites excluding steroid dienone is 2. The quantitative estimate of drug-likeness (QED) is 0.414. The number of rotatable bonds is 8. The molecule has 0 aliphatic heterocycles. The Labute approximate surface area is 222 Å². The normalized spacial score (nSPS) is 26.6. The van der Waals surface area contributed by atoms with Crippen LogP contribution in [0.3, 0.4) is 0 Å². The highest BCUT2D eigenvalue weighted by Gasteiger charge is 2.64. The van der Waals surface area contributed by atoms with Crippen molar-refractivity contribution in [3.8, 4) is 0 Å². The van der Waals surface area contributed by atoms with Crippen LogP contribution in [0.2, 0.25) is 0 Å². The van der Waals surface area contributed by atoms with Crippen LogP contribution >= 0.6 is 0 Å². The van der Waals surface area contributed by atoms with Crippen molar-refractivity contribution in [2.24, 2.45) is 5.92 Å². The molecule has 1 N–H and O–H groups in total. The first-order valence-corrected chi connectivity index (χ1v) is 13.9. The second-order valence-corrected chi connectivity index (χ2v) is 11.6. The minimum atomic E-state index is -5.90. The summed E-state index contributed by atoms with van der Waals surface area (Å²) in [5.41, 5.74) is 1.08. The molecule has 1 heterocycles. The molecule has 4 rings (SSSR count). The Kier molecular flexibility index (Phi) is 8.29. The first kappa shape index (κ1) is 29.3. The molecule has 1 fully saturated rings. The molecular weight excluding hydrogens is 550 g/mol. The van der Waals surface area contributed by atoms with Crippen molar-refractivity contribution < 1.29 is 39.5 Å². The molecule has 214 valence electrons. The number of sulfonamides is 1. The highest BCUT2D eigenvalue weighted by atomic mass is 32.2. The van der Waals surface area contributed by atoms with Crippen LogP contribution in [0.25, 0.3) is 5.57 Å². The Balaban J connectivity index is 1.74. The van der Waals surface area contributed by atoms with E-state index < -0.39 is 45.4 Å². The fourth-order valence-electron chi connectivity index (χ4n) is 5.18. The lowest BCUT2D eigenvalue weighted by Crippen LogP contribution is -2.60. The lowest BCUT2D eigenvalue weighted by Gasteiger charge is -2.42. The number of benzene rings is 1. The van der Waals surface area contributed by atoms with Gasteiger partial charge in [-0.3, -0.25) is 0 Å². The van der Waals surface area contributed by atoms with Gasteiger partial charge in [-0.2, -0.15) is 26.3 Å². The fourth-order valence-corrected chi connectivity index (χ4v) is 7.12. The van der Waals surface area contributed by atoms with Gasteiger partial charge in [0.25, 0.3) is 6.10 Å². The minimum Gasteiger partial charge on any atom is -0.332 e. The third kappa shape index (κ3) is 6.22. The van der Waals surface area contributed by atoms with Crippen molar-refractivity contribution in [1.82, 2.24) is 19.5 Å². The highest BCUT2D eigenvalue weighted by Crippen LogP contribution is 2.46. The standard InChI is InChI=1S/C25H28F6N4O3S/c1-2-19-13-18(17-7-4-3-5-8-17)11-12-23(19,38-22(24(26,27)28)25(29,30)31)39(36,37)34-20-9-6-10-21(14-20)35-15-32-33-16-35/h3-5,7-8,11-13,15-16,19-22,34H,2,6,9-10,14H2,1H3/t19?,20-,21+,23?/m0/s1. The van der Waals surface area contributed by atoms with E-state index in [0.717, 1.165) is 6.08 Å². The van der Waals surface area contributed by atoms with Crippen molar-refractivity contribution >= 4 is 15.6 Å². The van der Waals surface area contributed by atoms with Crippen LogP contribution in [0.4, 0.5) is 26.3 Å². The van der Waals surface area contributed by atoms with Crippen LogP contribution in [0, 0.1) is 5.92 Å². The van der Waals surface area contributed by atoms with E-state index >= 15 is 0 Å². The number of nitrogens with one attached hydrogen (secondary N) is 1. The summed E-state index contributed by atoms with van der Waals surface area (Å²) in [7, 11) is -4.96. The molecule has 0 saturated heterocycles. The zero-order valence-corrected chi connectivity index (χ0v) is 21.7. The van der Waals surface area contributed by atoms with E-state index in [2.05, 4.69) is 14.9 Å². The molecule has 39 heavy (non-hydrogen) atoms. The number of alkyl halides is 6. The SMILES string of the molecule is CCC1C=C(c2ccccc2)C=CC1(OC(C(F)(F)F)C(F)(F)F)S(=O)(=O)N[C@H]1CCC[C@@H](n2cnnc2)C1. The molecule has 2 aromatic rings. The number of halogens is 6. The third-order valence-corrected chi connectivity index (χ3v) is 9.10. The zero-order valence-electron chi connectivity index (χ0n) is 20.9. The topological polar surface area (TPSA) is 86.1 Å². The van der Waals surface area contributed by atoms with Gasteiger partial charge in [-0.05, 0) is 49.3 Å². The van der Waals surface area contributed by atoms with E-state index in [1.807, 2.05) is 0 Å². The Hall–Kier alpha value is -2.71. The molecule has 7 nitrogen and oxygen atoms in total. The molecule has 0 radical (unpaired) electrons. The summed E-state index contributed by atoms with van der Waals surface area (Å²) in [5, 5.41) is 7.48. The number of hydrogen-bond donors (Lipinski definition) is 1. The third-order valence-electron chi connectivity index (χ3n) is 7.08. The molecule has 1 saturated carbocycles. The smallest absolute Gasteiger partial charge is 0.332 e. The lowest BCUT2D eigenvalue weighted by molar-refractivity contribution is -0.334. The zero-order chi connectivity index (χ0) is 28.5. The molecule has 0 amide bonds. The average molecular weight is 579 g/mol. The molecule has 0 bridgehead atoms.